The third-order valence-electron chi connectivity index (χ3n) is 3.49. The van der Waals surface area contributed by atoms with Crippen molar-refractivity contribution in [1.29, 1.82) is 0 Å². The first-order chi connectivity index (χ1) is 10.8. The van der Waals surface area contributed by atoms with Gasteiger partial charge in [0, 0.05) is 13.0 Å². The maximum absolute atomic E-state index is 10.7. The highest BCUT2D eigenvalue weighted by Crippen LogP contribution is 2.08. The molecule has 0 atom stereocenters. The zero-order chi connectivity index (χ0) is 16.3. The molecule has 0 rings (SSSR count). The minimum Gasteiger partial charge on any atom is -0.396 e. The number of hydrogen-bond acceptors (Lipinski definition) is 4. The molecule has 0 aromatic heterocycles. The van der Waals surface area contributed by atoms with E-state index >= 15 is 0 Å². The number of aliphatic hydroxyl groups excluding tert-OH is 1. The van der Waals surface area contributed by atoms with Gasteiger partial charge in [-0.2, -0.15) is 5.26 Å². The van der Waals surface area contributed by atoms with E-state index in [0.717, 1.165) is 57.8 Å². The summed E-state index contributed by atoms with van der Waals surface area (Å²) in [5.74, 6) is -0.538. The smallest absolute Gasteiger partial charge is 0.342 e. The van der Waals surface area contributed by atoms with E-state index in [2.05, 4.69) is 29.2 Å². The monoisotopic (exact) mass is 312 g/mol. The SMILES string of the molecule is O=C(CCCCCCC/C=C\C/C=C\CCCCCO)OO. The van der Waals surface area contributed by atoms with E-state index in [4.69, 9.17) is 10.4 Å². The van der Waals surface area contributed by atoms with Gasteiger partial charge in [-0.3, -0.25) is 0 Å². The lowest BCUT2D eigenvalue weighted by molar-refractivity contribution is -0.234. The Morgan fingerprint density at radius 1 is 0.773 bits per heavy atom. The van der Waals surface area contributed by atoms with E-state index in [1.807, 2.05) is 0 Å². The third-order valence-corrected chi connectivity index (χ3v) is 3.49. The molecule has 0 bridgehead atoms. The summed E-state index contributed by atoms with van der Waals surface area (Å²) in [7, 11) is 0. The minimum atomic E-state index is -0.538. The van der Waals surface area contributed by atoms with Gasteiger partial charge in [-0.05, 0) is 44.9 Å². The fourth-order valence-electron chi connectivity index (χ4n) is 2.16. The van der Waals surface area contributed by atoms with Crippen LogP contribution in [0.15, 0.2) is 24.3 Å². The van der Waals surface area contributed by atoms with Gasteiger partial charge in [-0.25, -0.2) is 4.79 Å². The fraction of sp³-hybridized carbons (Fsp3) is 0.722. The Labute approximate surface area is 134 Å². The molecule has 0 aliphatic carbocycles. The molecule has 22 heavy (non-hydrogen) atoms. The number of allylic oxidation sites excluding steroid dienone is 4. The molecule has 0 aromatic carbocycles. The third kappa shape index (κ3) is 16.9. The molecule has 0 saturated carbocycles. The Morgan fingerprint density at radius 3 is 1.91 bits per heavy atom. The molecule has 2 N–H and O–H groups in total. The van der Waals surface area contributed by atoms with E-state index in [1.54, 1.807) is 0 Å². The van der Waals surface area contributed by atoms with Crippen LogP contribution in [0.2, 0.25) is 0 Å². The molecule has 0 spiro atoms. The summed E-state index contributed by atoms with van der Waals surface area (Å²) in [5, 5.41) is 16.7. The van der Waals surface area contributed by atoms with Crippen LogP contribution in [0.1, 0.15) is 77.0 Å². The molecule has 0 heterocycles. The second-order valence-electron chi connectivity index (χ2n) is 5.52. The number of rotatable bonds is 15. The largest absolute Gasteiger partial charge is 0.396 e. The number of carbonyl (C=O) groups excluding carboxylic acids is 1. The van der Waals surface area contributed by atoms with Crippen molar-refractivity contribution in [3.63, 3.8) is 0 Å². The quantitative estimate of drug-likeness (QED) is 0.197. The minimum absolute atomic E-state index is 0.307. The van der Waals surface area contributed by atoms with Gasteiger partial charge in [0.25, 0.3) is 0 Å². The van der Waals surface area contributed by atoms with Crippen molar-refractivity contribution < 1.29 is 20.0 Å². The molecule has 4 nitrogen and oxygen atoms in total. The summed E-state index contributed by atoms with van der Waals surface area (Å²) in [6.07, 6.45) is 20.9. The van der Waals surface area contributed by atoms with Crippen molar-refractivity contribution in [3.8, 4) is 0 Å². The van der Waals surface area contributed by atoms with E-state index in [9.17, 15) is 4.79 Å². The second kappa shape index (κ2) is 17.9. The molecule has 0 fully saturated rings. The summed E-state index contributed by atoms with van der Waals surface area (Å²) < 4.78 is 0. The van der Waals surface area contributed by atoms with E-state index < -0.39 is 5.97 Å². The molecule has 4 heteroatoms. The first kappa shape index (κ1) is 20.9. The van der Waals surface area contributed by atoms with Gasteiger partial charge in [-0.1, -0.05) is 50.0 Å². The predicted molar refractivity (Wildman–Crippen MR) is 89.5 cm³/mol. The highest BCUT2D eigenvalue weighted by atomic mass is 17.1. The lowest BCUT2D eigenvalue weighted by Crippen LogP contribution is -1.99. The molecule has 0 aromatic rings. The van der Waals surface area contributed by atoms with Gasteiger partial charge >= 0.3 is 5.97 Å². The van der Waals surface area contributed by atoms with Gasteiger partial charge in [0.1, 0.15) is 0 Å². The van der Waals surface area contributed by atoms with Crippen LogP contribution in [0, 0.1) is 0 Å². The van der Waals surface area contributed by atoms with Crippen molar-refractivity contribution in [3.05, 3.63) is 24.3 Å². The van der Waals surface area contributed by atoms with E-state index in [0.29, 0.717) is 13.0 Å². The second-order valence-corrected chi connectivity index (χ2v) is 5.52. The normalized spacial score (nSPS) is 11.5. The Hall–Kier alpha value is -1.13. The number of aliphatic hydroxyl groups is 1. The number of hydrogen-bond donors (Lipinski definition) is 2. The van der Waals surface area contributed by atoms with Crippen molar-refractivity contribution in [2.75, 3.05) is 6.61 Å². The zero-order valence-corrected chi connectivity index (χ0v) is 13.7. The lowest BCUT2D eigenvalue weighted by atomic mass is 10.1. The van der Waals surface area contributed by atoms with Crippen molar-refractivity contribution in [2.24, 2.45) is 0 Å². The highest BCUT2D eigenvalue weighted by molar-refractivity contribution is 5.68. The van der Waals surface area contributed by atoms with Crippen molar-refractivity contribution >= 4 is 5.97 Å². The van der Waals surface area contributed by atoms with Crippen LogP contribution in [0.5, 0.6) is 0 Å². The molecule has 0 unspecified atom stereocenters. The highest BCUT2D eigenvalue weighted by Gasteiger charge is 2.00. The number of unbranched alkanes of at least 4 members (excludes halogenated alkanes) is 8. The first-order valence-corrected chi connectivity index (χ1v) is 8.56. The average Bonchev–Trinajstić information content (AvgIpc) is 2.54. The number of carbonyl (C=O) groups is 1. The van der Waals surface area contributed by atoms with Gasteiger partial charge in [0.2, 0.25) is 0 Å². The van der Waals surface area contributed by atoms with Crippen LogP contribution in [0.25, 0.3) is 0 Å². The molecule has 0 radical (unpaired) electrons. The van der Waals surface area contributed by atoms with Crippen LogP contribution in [0.4, 0.5) is 0 Å². The zero-order valence-electron chi connectivity index (χ0n) is 13.7. The molecular formula is C18H32O4. The Balaban J connectivity index is 3.20. The van der Waals surface area contributed by atoms with Gasteiger partial charge < -0.3 is 9.99 Å². The molecule has 0 saturated heterocycles. The molecule has 0 amide bonds. The summed E-state index contributed by atoms with van der Waals surface area (Å²) in [6, 6.07) is 0. The summed E-state index contributed by atoms with van der Waals surface area (Å²) in [5.41, 5.74) is 0. The lowest BCUT2D eigenvalue weighted by Gasteiger charge is -1.99. The summed E-state index contributed by atoms with van der Waals surface area (Å²) >= 11 is 0. The summed E-state index contributed by atoms with van der Waals surface area (Å²) in [6.45, 7) is 0.307. The van der Waals surface area contributed by atoms with Crippen molar-refractivity contribution in [2.45, 2.75) is 77.0 Å². The summed E-state index contributed by atoms with van der Waals surface area (Å²) in [4.78, 5) is 14.3. The standard InChI is InChI=1S/C18H32O4/c19-17-15-13-11-9-7-5-3-1-2-4-6-8-10-12-14-16-18(20)22-21/h1-2,5,7,19,21H,3-4,6,8-17H2/b2-1-,7-5-. The van der Waals surface area contributed by atoms with Crippen LogP contribution in [0.3, 0.4) is 0 Å². The van der Waals surface area contributed by atoms with Crippen LogP contribution in [-0.2, 0) is 9.68 Å². The van der Waals surface area contributed by atoms with E-state index in [1.165, 1.54) is 12.8 Å². The topological polar surface area (TPSA) is 66.8 Å². The predicted octanol–water partition coefficient (Wildman–Crippen LogP) is 4.79. The Morgan fingerprint density at radius 2 is 1.32 bits per heavy atom. The molecular weight excluding hydrogens is 280 g/mol. The average molecular weight is 312 g/mol. The molecule has 128 valence electrons. The van der Waals surface area contributed by atoms with Gasteiger partial charge in [-0.15, -0.1) is 0 Å². The molecule has 0 aliphatic heterocycles. The molecule has 0 aliphatic rings. The fourth-order valence-corrected chi connectivity index (χ4v) is 2.16. The van der Waals surface area contributed by atoms with Crippen molar-refractivity contribution in [1.82, 2.24) is 0 Å². The van der Waals surface area contributed by atoms with Gasteiger partial charge in [0.05, 0.1) is 0 Å². The van der Waals surface area contributed by atoms with Crippen LogP contribution >= 0.6 is 0 Å². The Kier molecular flexibility index (Phi) is 17.0. The maximum Gasteiger partial charge on any atom is 0.342 e. The van der Waals surface area contributed by atoms with Gasteiger partial charge in [0.15, 0.2) is 0 Å². The van der Waals surface area contributed by atoms with Crippen LogP contribution < -0.4 is 0 Å². The first-order valence-electron chi connectivity index (χ1n) is 8.56. The maximum atomic E-state index is 10.7. The van der Waals surface area contributed by atoms with E-state index in [-0.39, 0.29) is 0 Å². The Bertz CT molecular complexity index is 297. The van der Waals surface area contributed by atoms with Crippen LogP contribution in [-0.4, -0.2) is 22.9 Å².